The van der Waals surface area contributed by atoms with Gasteiger partial charge >= 0.3 is 0 Å². The van der Waals surface area contributed by atoms with Crippen LogP contribution in [0, 0.1) is 0 Å². The Labute approximate surface area is 132 Å². The Balaban J connectivity index is 2.14. The molecule has 1 amide bonds. The average Bonchev–Trinajstić information content (AvgIpc) is 2.86. The molecule has 1 heterocycles. The van der Waals surface area contributed by atoms with Crippen LogP contribution in [0.2, 0.25) is 0 Å². The van der Waals surface area contributed by atoms with Crippen molar-refractivity contribution >= 4 is 32.4 Å². The minimum absolute atomic E-state index is 0.128. The molecule has 0 atom stereocenters. The molecule has 2 N–H and O–H groups in total. The molecule has 0 aliphatic heterocycles. The van der Waals surface area contributed by atoms with Gasteiger partial charge in [-0.05, 0) is 32.9 Å². The summed E-state index contributed by atoms with van der Waals surface area (Å²) in [5, 5.41) is 9.97. The quantitative estimate of drug-likeness (QED) is 0.827. The molecule has 7 nitrogen and oxygen atoms in total. The summed E-state index contributed by atoms with van der Waals surface area (Å²) in [6.45, 7) is 5.18. The van der Waals surface area contributed by atoms with E-state index >= 15 is 0 Å². The Kier molecular flexibility index (Phi) is 4.59. The summed E-state index contributed by atoms with van der Waals surface area (Å²) >= 11 is 0.799. The Hall–Kier alpha value is -1.84. The highest BCUT2D eigenvalue weighted by Gasteiger charge is 2.26. The fraction of sp³-hybridized carbons (Fsp3) is 0.308. The molecule has 0 saturated carbocycles. The minimum Gasteiger partial charge on any atom is -0.296 e. The van der Waals surface area contributed by atoms with Crippen LogP contribution in [0.15, 0.2) is 34.7 Å². The lowest BCUT2D eigenvalue weighted by atomic mass is 10.1. The minimum atomic E-state index is -3.75. The lowest BCUT2D eigenvalue weighted by Gasteiger charge is -2.18. The normalized spacial score (nSPS) is 12.1. The summed E-state index contributed by atoms with van der Waals surface area (Å²) in [4.78, 5) is 12.0. The van der Waals surface area contributed by atoms with E-state index in [0.717, 1.165) is 11.3 Å². The molecule has 118 valence electrons. The van der Waals surface area contributed by atoms with E-state index in [1.165, 1.54) is 0 Å². The van der Waals surface area contributed by atoms with Crippen molar-refractivity contribution in [2.45, 2.75) is 30.6 Å². The number of benzene rings is 1. The van der Waals surface area contributed by atoms with E-state index < -0.39 is 15.6 Å². The molecule has 0 bridgehead atoms. The summed E-state index contributed by atoms with van der Waals surface area (Å²) < 4.78 is 26.5. The predicted molar refractivity (Wildman–Crippen MR) is 84.4 cm³/mol. The van der Waals surface area contributed by atoms with E-state index in [2.05, 4.69) is 20.2 Å². The number of aromatic nitrogens is 2. The lowest BCUT2D eigenvalue weighted by molar-refractivity contribution is 0.102. The fourth-order valence-corrected chi connectivity index (χ4v) is 3.89. The molecule has 0 aliphatic rings. The van der Waals surface area contributed by atoms with Gasteiger partial charge in [0.15, 0.2) is 0 Å². The van der Waals surface area contributed by atoms with Gasteiger partial charge in [0.2, 0.25) is 9.47 Å². The van der Waals surface area contributed by atoms with Gasteiger partial charge in [-0.3, -0.25) is 10.1 Å². The Morgan fingerprint density at radius 1 is 1.14 bits per heavy atom. The fourth-order valence-electron chi connectivity index (χ4n) is 1.57. The van der Waals surface area contributed by atoms with Gasteiger partial charge in [0, 0.05) is 11.1 Å². The molecule has 1 aromatic heterocycles. The van der Waals surface area contributed by atoms with Gasteiger partial charge in [0.1, 0.15) is 0 Å². The largest absolute Gasteiger partial charge is 0.296 e. The second kappa shape index (κ2) is 6.11. The number of hydrogen-bond donors (Lipinski definition) is 2. The molecule has 0 fully saturated rings. The number of sulfonamides is 1. The molecule has 2 aromatic rings. The maximum absolute atomic E-state index is 12.1. The SMILES string of the molecule is CC(C)(C)NS(=O)(=O)c1nnc(NC(=O)c2ccccc2)s1. The highest BCUT2D eigenvalue weighted by molar-refractivity contribution is 7.91. The van der Waals surface area contributed by atoms with Gasteiger partial charge in [0.05, 0.1) is 0 Å². The Morgan fingerprint density at radius 2 is 1.77 bits per heavy atom. The van der Waals surface area contributed by atoms with E-state index in [1.807, 2.05) is 0 Å². The van der Waals surface area contributed by atoms with Crippen LogP contribution in [0.3, 0.4) is 0 Å². The van der Waals surface area contributed by atoms with Crippen molar-refractivity contribution in [3.8, 4) is 0 Å². The van der Waals surface area contributed by atoms with Crippen LogP contribution in [0.25, 0.3) is 0 Å². The molecule has 0 unspecified atom stereocenters. The number of carbonyl (C=O) groups excluding carboxylic acids is 1. The van der Waals surface area contributed by atoms with Crippen molar-refractivity contribution in [1.29, 1.82) is 0 Å². The van der Waals surface area contributed by atoms with Gasteiger partial charge in [-0.1, -0.05) is 29.5 Å². The van der Waals surface area contributed by atoms with Crippen LogP contribution in [0.5, 0.6) is 0 Å². The standard InChI is InChI=1S/C13H16N4O3S2/c1-13(2,3)17-22(19,20)12-16-15-11(21-12)14-10(18)9-7-5-4-6-8-9/h4-8,17H,1-3H3,(H,14,15,18). The van der Waals surface area contributed by atoms with Gasteiger partial charge in [-0.2, -0.15) is 0 Å². The summed E-state index contributed by atoms with van der Waals surface area (Å²) in [6.07, 6.45) is 0. The second-order valence-electron chi connectivity index (χ2n) is 5.55. The summed E-state index contributed by atoms with van der Waals surface area (Å²) in [6, 6.07) is 8.56. The van der Waals surface area contributed by atoms with E-state index in [0.29, 0.717) is 5.56 Å². The maximum Gasteiger partial charge on any atom is 0.270 e. The molecule has 0 radical (unpaired) electrons. The molecule has 0 spiro atoms. The van der Waals surface area contributed by atoms with Crippen molar-refractivity contribution in [3.05, 3.63) is 35.9 Å². The molecular formula is C13H16N4O3S2. The van der Waals surface area contributed by atoms with Crippen LogP contribution in [0.1, 0.15) is 31.1 Å². The van der Waals surface area contributed by atoms with Crippen molar-refractivity contribution < 1.29 is 13.2 Å². The zero-order valence-electron chi connectivity index (χ0n) is 12.3. The zero-order valence-corrected chi connectivity index (χ0v) is 14.0. The number of rotatable bonds is 4. The van der Waals surface area contributed by atoms with Crippen LogP contribution in [-0.2, 0) is 10.0 Å². The number of nitrogens with zero attached hydrogens (tertiary/aromatic N) is 2. The second-order valence-corrected chi connectivity index (χ2v) is 8.38. The summed E-state index contributed by atoms with van der Waals surface area (Å²) in [5.74, 6) is -0.371. The summed E-state index contributed by atoms with van der Waals surface area (Å²) in [5.41, 5.74) is -0.173. The molecule has 2 rings (SSSR count). The van der Waals surface area contributed by atoms with Crippen molar-refractivity contribution in [1.82, 2.24) is 14.9 Å². The monoisotopic (exact) mass is 340 g/mol. The molecule has 0 saturated heterocycles. The smallest absolute Gasteiger partial charge is 0.270 e. The molecule has 22 heavy (non-hydrogen) atoms. The van der Waals surface area contributed by atoms with Gasteiger partial charge in [-0.15, -0.1) is 10.2 Å². The molecule has 1 aromatic carbocycles. The van der Waals surface area contributed by atoms with Crippen molar-refractivity contribution in [2.24, 2.45) is 0 Å². The number of nitrogens with one attached hydrogen (secondary N) is 2. The molecule has 9 heteroatoms. The number of hydrogen-bond acceptors (Lipinski definition) is 6. The van der Waals surface area contributed by atoms with Gasteiger partial charge < -0.3 is 0 Å². The number of amides is 1. The maximum atomic E-state index is 12.1. The average molecular weight is 340 g/mol. The van der Waals surface area contributed by atoms with E-state index in [4.69, 9.17) is 0 Å². The zero-order chi connectivity index (χ0) is 16.4. The first-order valence-corrected chi connectivity index (χ1v) is 8.71. The van der Waals surface area contributed by atoms with E-state index in [1.54, 1.807) is 51.1 Å². The predicted octanol–water partition coefficient (Wildman–Crippen LogP) is 1.87. The Bertz CT molecular complexity index is 764. The summed E-state index contributed by atoms with van der Waals surface area (Å²) in [7, 11) is -3.75. The highest BCUT2D eigenvalue weighted by Crippen LogP contribution is 2.21. The van der Waals surface area contributed by atoms with Gasteiger partial charge in [0.25, 0.3) is 15.9 Å². The van der Waals surface area contributed by atoms with Crippen molar-refractivity contribution in [2.75, 3.05) is 5.32 Å². The number of carbonyl (C=O) groups is 1. The number of anilines is 1. The van der Waals surface area contributed by atoms with E-state index in [-0.39, 0.29) is 15.4 Å². The van der Waals surface area contributed by atoms with Crippen LogP contribution in [0.4, 0.5) is 5.13 Å². The van der Waals surface area contributed by atoms with Crippen LogP contribution < -0.4 is 10.0 Å². The highest BCUT2D eigenvalue weighted by atomic mass is 32.2. The van der Waals surface area contributed by atoms with Crippen LogP contribution >= 0.6 is 11.3 Å². The molecule has 0 aliphatic carbocycles. The van der Waals surface area contributed by atoms with E-state index in [9.17, 15) is 13.2 Å². The third kappa shape index (κ3) is 4.33. The third-order valence-corrected chi connectivity index (χ3v) is 5.30. The molecular weight excluding hydrogens is 324 g/mol. The Morgan fingerprint density at radius 3 is 2.36 bits per heavy atom. The lowest BCUT2D eigenvalue weighted by Crippen LogP contribution is -2.40. The van der Waals surface area contributed by atoms with Crippen molar-refractivity contribution in [3.63, 3.8) is 0 Å². The van der Waals surface area contributed by atoms with Crippen LogP contribution in [-0.4, -0.2) is 30.1 Å². The first-order chi connectivity index (χ1) is 10.2. The van der Waals surface area contributed by atoms with Gasteiger partial charge in [-0.25, -0.2) is 13.1 Å². The first-order valence-electron chi connectivity index (χ1n) is 6.41. The first kappa shape index (κ1) is 16.5. The third-order valence-electron chi connectivity index (χ3n) is 2.33. The topological polar surface area (TPSA) is 101 Å².